The molecule has 1 heterocycles. The Kier molecular flexibility index (Phi) is 2.34. The van der Waals surface area contributed by atoms with Crippen LogP contribution in [0.4, 0.5) is 0 Å². The number of β-amino-alcohol motifs (C(OH)–C–C–N with tert-alkyl or cyclic N) is 1. The van der Waals surface area contributed by atoms with E-state index in [1.807, 2.05) is 6.92 Å². The fraction of sp³-hybridized carbons (Fsp3) is 1.00. The number of rotatable bonds is 3. The Labute approximate surface area is 80.3 Å². The van der Waals surface area contributed by atoms with Gasteiger partial charge < -0.3 is 14.9 Å². The first kappa shape index (κ1) is 9.44. The van der Waals surface area contributed by atoms with Gasteiger partial charge in [0.15, 0.2) is 0 Å². The monoisotopic (exact) mass is 184 g/mol. The lowest BCUT2D eigenvalue weighted by Gasteiger charge is -2.22. The van der Waals surface area contributed by atoms with Crippen molar-refractivity contribution < 1.29 is 5.11 Å². The molecule has 1 N–H and O–H groups in total. The molecule has 2 unspecified atom stereocenters. The average Bonchev–Trinajstić information content (AvgIpc) is 2.49. The highest BCUT2D eigenvalue weighted by atomic mass is 16.3. The summed E-state index contributed by atoms with van der Waals surface area (Å²) in [6, 6.07) is 0.824. The van der Waals surface area contributed by atoms with Gasteiger partial charge in [0.05, 0.1) is 6.10 Å². The Hall–Kier alpha value is -0.120. The van der Waals surface area contributed by atoms with Gasteiger partial charge in [0.25, 0.3) is 0 Å². The molecule has 3 heteroatoms. The van der Waals surface area contributed by atoms with Gasteiger partial charge in [-0.3, -0.25) is 0 Å². The van der Waals surface area contributed by atoms with E-state index in [-0.39, 0.29) is 6.10 Å². The second-order valence-corrected chi connectivity index (χ2v) is 4.85. The molecule has 0 aromatic rings. The molecular formula is C10H20N2O. The fourth-order valence-corrected chi connectivity index (χ4v) is 2.87. The van der Waals surface area contributed by atoms with Crippen LogP contribution in [0, 0.1) is 11.8 Å². The SMILES string of the molecule is C[C@@H](O)CN1CC2C(C1)C2N(C)C. The van der Waals surface area contributed by atoms with Crippen molar-refractivity contribution in [1.82, 2.24) is 9.80 Å². The maximum absolute atomic E-state index is 9.24. The number of aliphatic hydroxyl groups excluding tert-OH is 1. The minimum absolute atomic E-state index is 0.171. The van der Waals surface area contributed by atoms with Crippen molar-refractivity contribution in [3.8, 4) is 0 Å². The van der Waals surface area contributed by atoms with E-state index in [1.54, 1.807) is 0 Å². The summed E-state index contributed by atoms with van der Waals surface area (Å²) in [5, 5.41) is 9.24. The summed E-state index contributed by atoms with van der Waals surface area (Å²) < 4.78 is 0. The molecule has 76 valence electrons. The number of hydrogen-bond donors (Lipinski definition) is 1. The van der Waals surface area contributed by atoms with Gasteiger partial charge in [-0.2, -0.15) is 0 Å². The summed E-state index contributed by atoms with van der Waals surface area (Å²) in [6.45, 7) is 5.11. The first-order chi connectivity index (χ1) is 6.09. The molecule has 1 saturated carbocycles. The van der Waals surface area contributed by atoms with Crippen LogP contribution < -0.4 is 0 Å². The molecule has 13 heavy (non-hydrogen) atoms. The second kappa shape index (κ2) is 3.23. The van der Waals surface area contributed by atoms with Crippen LogP contribution >= 0.6 is 0 Å². The zero-order chi connectivity index (χ0) is 9.59. The summed E-state index contributed by atoms with van der Waals surface area (Å²) in [4.78, 5) is 4.73. The molecular weight excluding hydrogens is 164 g/mol. The molecule has 1 aliphatic carbocycles. The molecule has 0 aromatic heterocycles. The third-order valence-corrected chi connectivity index (χ3v) is 3.34. The van der Waals surface area contributed by atoms with Gasteiger partial charge in [-0.05, 0) is 32.9 Å². The predicted octanol–water partition coefficient (Wildman–Crippen LogP) is -0.141. The van der Waals surface area contributed by atoms with E-state index in [9.17, 15) is 5.11 Å². The van der Waals surface area contributed by atoms with E-state index in [1.165, 1.54) is 13.1 Å². The van der Waals surface area contributed by atoms with Crippen LogP contribution in [0.2, 0.25) is 0 Å². The molecule has 0 spiro atoms. The standard InChI is InChI=1S/C10H20N2O/c1-7(13)4-12-5-8-9(6-12)10(8)11(2)3/h7-10,13H,4-6H2,1-3H3/t7-,8?,9?,10?/m1/s1. The molecule has 0 bridgehead atoms. The Bertz CT molecular complexity index is 181. The molecule has 2 rings (SSSR count). The quantitative estimate of drug-likeness (QED) is 0.661. The van der Waals surface area contributed by atoms with Gasteiger partial charge in [0.1, 0.15) is 0 Å². The van der Waals surface area contributed by atoms with Crippen molar-refractivity contribution in [3.63, 3.8) is 0 Å². The largest absolute Gasteiger partial charge is 0.392 e. The Morgan fingerprint density at radius 1 is 1.38 bits per heavy atom. The lowest BCUT2D eigenvalue weighted by molar-refractivity contribution is 0.128. The summed E-state index contributed by atoms with van der Waals surface area (Å²) in [5.74, 6) is 1.77. The zero-order valence-electron chi connectivity index (χ0n) is 8.77. The van der Waals surface area contributed by atoms with E-state index >= 15 is 0 Å². The normalized spacial score (nSPS) is 40.8. The van der Waals surface area contributed by atoms with E-state index < -0.39 is 0 Å². The van der Waals surface area contributed by atoms with Gasteiger partial charge in [-0.1, -0.05) is 0 Å². The van der Waals surface area contributed by atoms with Crippen molar-refractivity contribution in [2.24, 2.45) is 11.8 Å². The molecule has 1 saturated heterocycles. The van der Waals surface area contributed by atoms with Gasteiger partial charge in [0, 0.05) is 25.7 Å². The Morgan fingerprint density at radius 2 is 1.92 bits per heavy atom. The lowest BCUT2D eigenvalue weighted by Crippen LogP contribution is -2.34. The number of likely N-dealkylation sites (tertiary alicyclic amines) is 1. The van der Waals surface area contributed by atoms with Gasteiger partial charge >= 0.3 is 0 Å². The smallest absolute Gasteiger partial charge is 0.0639 e. The van der Waals surface area contributed by atoms with Crippen LogP contribution in [-0.4, -0.2) is 60.8 Å². The minimum atomic E-state index is -0.171. The summed E-state index contributed by atoms with van der Waals surface area (Å²) in [5.41, 5.74) is 0. The molecule has 1 aliphatic heterocycles. The average molecular weight is 184 g/mol. The molecule has 0 aromatic carbocycles. The highest BCUT2D eigenvalue weighted by molar-refractivity contribution is 5.10. The fourth-order valence-electron chi connectivity index (χ4n) is 2.87. The molecule has 0 radical (unpaired) electrons. The first-order valence-corrected chi connectivity index (χ1v) is 5.16. The highest BCUT2D eigenvalue weighted by Crippen LogP contribution is 2.47. The summed E-state index contributed by atoms with van der Waals surface area (Å²) in [6.07, 6.45) is -0.171. The van der Waals surface area contributed by atoms with Crippen LogP contribution in [0.25, 0.3) is 0 Å². The van der Waals surface area contributed by atoms with Crippen LogP contribution in [-0.2, 0) is 0 Å². The third-order valence-electron chi connectivity index (χ3n) is 3.34. The van der Waals surface area contributed by atoms with Crippen molar-refractivity contribution in [1.29, 1.82) is 0 Å². The molecule has 0 amide bonds. The maximum Gasteiger partial charge on any atom is 0.0639 e. The molecule has 3 atom stereocenters. The van der Waals surface area contributed by atoms with E-state index in [0.717, 1.165) is 24.4 Å². The molecule has 2 aliphatic rings. The number of piperidine rings is 1. The van der Waals surface area contributed by atoms with Gasteiger partial charge in [-0.15, -0.1) is 0 Å². The summed E-state index contributed by atoms with van der Waals surface area (Å²) in [7, 11) is 4.34. The third kappa shape index (κ3) is 1.73. The lowest BCUT2D eigenvalue weighted by atomic mass is 10.3. The van der Waals surface area contributed by atoms with Crippen LogP contribution in [0.15, 0.2) is 0 Å². The molecule has 3 nitrogen and oxygen atoms in total. The van der Waals surface area contributed by atoms with Crippen LogP contribution in [0.5, 0.6) is 0 Å². The maximum atomic E-state index is 9.24. The predicted molar refractivity (Wildman–Crippen MR) is 52.6 cm³/mol. The number of fused-ring (bicyclic) bond motifs is 1. The van der Waals surface area contributed by atoms with Crippen molar-refractivity contribution in [2.75, 3.05) is 33.7 Å². The zero-order valence-corrected chi connectivity index (χ0v) is 8.77. The Balaban J connectivity index is 1.77. The van der Waals surface area contributed by atoms with E-state index in [2.05, 4.69) is 23.9 Å². The van der Waals surface area contributed by atoms with Crippen LogP contribution in [0.1, 0.15) is 6.92 Å². The van der Waals surface area contributed by atoms with Crippen LogP contribution in [0.3, 0.4) is 0 Å². The summed E-state index contributed by atoms with van der Waals surface area (Å²) >= 11 is 0. The molecule has 2 fully saturated rings. The topological polar surface area (TPSA) is 26.7 Å². The van der Waals surface area contributed by atoms with Gasteiger partial charge in [0.2, 0.25) is 0 Å². The highest BCUT2D eigenvalue weighted by Gasteiger charge is 2.56. The second-order valence-electron chi connectivity index (χ2n) is 4.85. The first-order valence-electron chi connectivity index (χ1n) is 5.16. The number of aliphatic hydroxyl groups is 1. The van der Waals surface area contributed by atoms with Crippen molar-refractivity contribution in [2.45, 2.75) is 19.1 Å². The van der Waals surface area contributed by atoms with E-state index in [4.69, 9.17) is 0 Å². The number of nitrogens with zero attached hydrogens (tertiary/aromatic N) is 2. The van der Waals surface area contributed by atoms with Gasteiger partial charge in [-0.25, -0.2) is 0 Å². The van der Waals surface area contributed by atoms with Crippen molar-refractivity contribution >= 4 is 0 Å². The Morgan fingerprint density at radius 3 is 2.31 bits per heavy atom. The number of hydrogen-bond acceptors (Lipinski definition) is 3. The minimum Gasteiger partial charge on any atom is -0.392 e. The van der Waals surface area contributed by atoms with E-state index in [0.29, 0.717) is 0 Å². The van der Waals surface area contributed by atoms with Crippen molar-refractivity contribution in [3.05, 3.63) is 0 Å².